The monoisotopic (exact) mass is 360 g/mol. The molecule has 3 aromatic rings. The summed E-state index contributed by atoms with van der Waals surface area (Å²) in [4.78, 5) is 32.2. The van der Waals surface area contributed by atoms with Gasteiger partial charge in [-0.15, -0.1) is 11.3 Å². The van der Waals surface area contributed by atoms with Crippen molar-refractivity contribution in [2.24, 2.45) is 0 Å². The van der Waals surface area contributed by atoms with Crippen molar-refractivity contribution in [3.8, 4) is 0 Å². The van der Waals surface area contributed by atoms with Crippen LogP contribution in [0.4, 0.5) is 4.79 Å². The molecule has 0 saturated carbocycles. The fourth-order valence-electron chi connectivity index (χ4n) is 2.09. The highest BCUT2D eigenvalue weighted by atomic mass is 32.2. The fraction of sp³-hybridized carbons (Fsp3) is 0.188. The molecule has 3 N–H and O–H groups in total. The summed E-state index contributed by atoms with van der Waals surface area (Å²) in [6.07, 6.45) is 0.757. The molecule has 0 fully saturated rings. The van der Waals surface area contributed by atoms with E-state index >= 15 is 0 Å². The molecule has 0 aliphatic rings. The third-order valence-corrected chi connectivity index (χ3v) is 5.01. The van der Waals surface area contributed by atoms with Crippen LogP contribution < -0.4 is 10.6 Å². The first-order valence-electron chi connectivity index (χ1n) is 7.38. The van der Waals surface area contributed by atoms with Crippen LogP contribution >= 0.6 is 23.1 Å². The summed E-state index contributed by atoms with van der Waals surface area (Å²) in [7, 11) is 0. The molecule has 24 heavy (non-hydrogen) atoms. The molecule has 0 aliphatic heterocycles. The van der Waals surface area contributed by atoms with Crippen LogP contribution in [0.25, 0.3) is 11.0 Å². The van der Waals surface area contributed by atoms with Crippen LogP contribution in [0, 0.1) is 0 Å². The molecule has 0 radical (unpaired) electrons. The normalized spacial score (nSPS) is 10.7. The van der Waals surface area contributed by atoms with Gasteiger partial charge in [-0.1, -0.05) is 30.0 Å². The lowest BCUT2D eigenvalue weighted by Gasteiger charge is -2.05. The summed E-state index contributed by atoms with van der Waals surface area (Å²) in [6, 6.07) is 11.2. The average Bonchev–Trinajstić information content (AvgIpc) is 3.21. The first-order chi connectivity index (χ1) is 11.7. The lowest BCUT2D eigenvalue weighted by Crippen LogP contribution is -2.41. The molecule has 3 amide bonds. The molecule has 8 heteroatoms. The van der Waals surface area contributed by atoms with Gasteiger partial charge in [-0.2, -0.15) is 0 Å². The van der Waals surface area contributed by atoms with Gasteiger partial charge in [0.05, 0.1) is 16.8 Å². The van der Waals surface area contributed by atoms with Crippen LogP contribution in [0.1, 0.15) is 4.88 Å². The van der Waals surface area contributed by atoms with Gasteiger partial charge in [0.1, 0.15) is 0 Å². The highest BCUT2D eigenvalue weighted by molar-refractivity contribution is 7.99. The molecule has 2 aromatic heterocycles. The molecule has 0 bridgehead atoms. The standard InChI is InChI=1S/C16H16N4O2S2/c21-14(20-15(22)17-8-7-11-4-3-9-23-11)10-24-16-18-12-5-1-2-6-13(12)19-16/h1-6,9H,7-8,10H2,(H,18,19)(H2,17,20,21,22). The van der Waals surface area contributed by atoms with E-state index in [0.717, 1.165) is 17.5 Å². The molecule has 0 spiro atoms. The second kappa shape index (κ2) is 7.98. The quantitative estimate of drug-likeness (QED) is 0.590. The van der Waals surface area contributed by atoms with Crippen LogP contribution in [0.2, 0.25) is 0 Å². The minimum Gasteiger partial charge on any atom is -0.337 e. The highest BCUT2D eigenvalue weighted by Crippen LogP contribution is 2.18. The number of hydrogen-bond donors (Lipinski definition) is 3. The SMILES string of the molecule is O=C(CSc1nc2ccccc2[nH]1)NC(=O)NCCc1cccs1. The number of nitrogens with zero attached hydrogens (tertiary/aromatic N) is 1. The fourth-order valence-corrected chi connectivity index (χ4v) is 3.49. The minimum atomic E-state index is -0.471. The van der Waals surface area contributed by atoms with Gasteiger partial charge in [-0.25, -0.2) is 9.78 Å². The zero-order chi connectivity index (χ0) is 16.8. The van der Waals surface area contributed by atoms with Gasteiger partial charge < -0.3 is 10.3 Å². The van der Waals surface area contributed by atoms with Gasteiger partial charge in [0.15, 0.2) is 5.16 Å². The van der Waals surface area contributed by atoms with Crippen LogP contribution in [0.5, 0.6) is 0 Å². The average molecular weight is 360 g/mol. The number of amides is 3. The number of urea groups is 1. The minimum absolute atomic E-state index is 0.123. The van der Waals surface area contributed by atoms with Crippen molar-refractivity contribution >= 4 is 46.1 Å². The number of nitrogens with one attached hydrogen (secondary N) is 3. The Morgan fingerprint density at radius 3 is 2.88 bits per heavy atom. The predicted octanol–water partition coefficient (Wildman–Crippen LogP) is 2.79. The number of benzene rings is 1. The topological polar surface area (TPSA) is 86.9 Å². The third kappa shape index (κ3) is 4.59. The number of rotatable bonds is 6. The van der Waals surface area contributed by atoms with E-state index in [1.807, 2.05) is 41.8 Å². The van der Waals surface area contributed by atoms with E-state index in [0.29, 0.717) is 11.7 Å². The number of carbonyl (C=O) groups is 2. The Morgan fingerprint density at radius 2 is 2.08 bits per heavy atom. The van der Waals surface area contributed by atoms with Crippen molar-refractivity contribution in [3.05, 3.63) is 46.7 Å². The zero-order valence-electron chi connectivity index (χ0n) is 12.7. The molecule has 6 nitrogen and oxygen atoms in total. The summed E-state index contributed by atoms with van der Waals surface area (Å²) >= 11 is 2.90. The molecule has 3 rings (SSSR count). The maximum atomic E-state index is 11.8. The van der Waals surface area contributed by atoms with Crippen molar-refractivity contribution in [1.29, 1.82) is 0 Å². The van der Waals surface area contributed by atoms with Crippen LogP contribution in [-0.4, -0.2) is 34.2 Å². The molecular weight excluding hydrogens is 344 g/mol. The number of imide groups is 1. The first kappa shape index (κ1) is 16.5. The Balaban J connectivity index is 1.39. The van der Waals surface area contributed by atoms with Gasteiger partial charge in [0.25, 0.3) is 0 Å². The number of thioether (sulfide) groups is 1. The highest BCUT2D eigenvalue weighted by Gasteiger charge is 2.10. The molecule has 2 heterocycles. The molecule has 1 aromatic carbocycles. The van der Waals surface area contributed by atoms with E-state index in [9.17, 15) is 9.59 Å². The number of thiophene rings is 1. The molecule has 0 atom stereocenters. The molecule has 0 aliphatic carbocycles. The largest absolute Gasteiger partial charge is 0.337 e. The van der Waals surface area contributed by atoms with Crippen molar-refractivity contribution in [1.82, 2.24) is 20.6 Å². The summed E-state index contributed by atoms with van der Waals surface area (Å²) in [5.41, 5.74) is 1.78. The van der Waals surface area contributed by atoms with Crippen molar-refractivity contribution < 1.29 is 9.59 Å². The number of hydrogen-bond acceptors (Lipinski definition) is 5. The maximum Gasteiger partial charge on any atom is 0.321 e. The second-order valence-electron chi connectivity index (χ2n) is 4.98. The third-order valence-electron chi connectivity index (χ3n) is 3.20. The van der Waals surface area contributed by atoms with Gasteiger partial charge >= 0.3 is 6.03 Å². The Morgan fingerprint density at radius 1 is 1.21 bits per heavy atom. The summed E-state index contributed by atoms with van der Waals surface area (Å²) in [6.45, 7) is 0.496. The second-order valence-corrected chi connectivity index (χ2v) is 6.98. The van der Waals surface area contributed by atoms with E-state index in [1.165, 1.54) is 16.6 Å². The number of fused-ring (bicyclic) bond motifs is 1. The number of para-hydroxylation sites is 2. The number of aromatic amines is 1. The lowest BCUT2D eigenvalue weighted by molar-refractivity contribution is -0.117. The smallest absolute Gasteiger partial charge is 0.321 e. The van der Waals surface area contributed by atoms with Crippen molar-refractivity contribution in [2.75, 3.05) is 12.3 Å². The van der Waals surface area contributed by atoms with E-state index in [2.05, 4.69) is 20.6 Å². The summed E-state index contributed by atoms with van der Waals surface area (Å²) < 4.78 is 0. The van der Waals surface area contributed by atoms with Gasteiger partial charge in [0.2, 0.25) is 5.91 Å². The molecule has 0 unspecified atom stereocenters. The first-order valence-corrected chi connectivity index (χ1v) is 9.25. The van der Waals surface area contributed by atoms with Crippen molar-refractivity contribution in [3.63, 3.8) is 0 Å². The van der Waals surface area contributed by atoms with E-state index in [-0.39, 0.29) is 11.7 Å². The molecule has 0 saturated heterocycles. The summed E-state index contributed by atoms with van der Waals surface area (Å²) in [5.74, 6) is -0.230. The van der Waals surface area contributed by atoms with Crippen LogP contribution in [0.15, 0.2) is 46.9 Å². The van der Waals surface area contributed by atoms with Gasteiger partial charge in [0, 0.05) is 11.4 Å². The number of carbonyl (C=O) groups excluding carboxylic acids is 2. The number of aromatic nitrogens is 2. The van der Waals surface area contributed by atoms with Crippen LogP contribution in [0.3, 0.4) is 0 Å². The number of imidazole rings is 1. The van der Waals surface area contributed by atoms with Crippen LogP contribution in [-0.2, 0) is 11.2 Å². The van der Waals surface area contributed by atoms with E-state index in [1.54, 1.807) is 11.3 Å². The molecular formula is C16H16N4O2S2. The Labute approximate surface area is 147 Å². The van der Waals surface area contributed by atoms with Crippen molar-refractivity contribution in [2.45, 2.75) is 11.6 Å². The maximum absolute atomic E-state index is 11.8. The summed E-state index contributed by atoms with van der Waals surface area (Å²) in [5, 5.41) is 7.64. The Bertz CT molecular complexity index is 797. The van der Waals surface area contributed by atoms with E-state index < -0.39 is 6.03 Å². The lowest BCUT2D eigenvalue weighted by atomic mass is 10.3. The van der Waals surface area contributed by atoms with Gasteiger partial charge in [-0.05, 0) is 30.0 Å². The predicted molar refractivity (Wildman–Crippen MR) is 96.4 cm³/mol. The van der Waals surface area contributed by atoms with Gasteiger partial charge in [-0.3, -0.25) is 10.1 Å². The Kier molecular flexibility index (Phi) is 5.50. The van der Waals surface area contributed by atoms with E-state index in [4.69, 9.17) is 0 Å². The zero-order valence-corrected chi connectivity index (χ0v) is 14.4. The molecule has 124 valence electrons. The number of H-pyrrole nitrogens is 1. The Hall–Kier alpha value is -2.32.